The molecular formula is C32H36F6N4O3S. The maximum absolute atomic E-state index is 13.5. The van der Waals surface area contributed by atoms with Crippen molar-refractivity contribution < 1.29 is 40.7 Å². The van der Waals surface area contributed by atoms with Crippen molar-refractivity contribution in [3.8, 4) is 0 Å². The normalized spacial score (nSPS) is 15.8. The Labute approximate surface area is 267 Å². The fourth-order valence-corrected chi connectivity index (χ4v) is 6.02. The molecule has 4 rings (SSSR count). The van der Waals surface area contributed by atoms with E-state index < -0.39 is 53.5 Å². The molecule has 0 bridgehead atoms. The lowest BCUT2D eigenvalue weighted by Crippen LogP contribution is -2.36. The average molecular weight is 671 g/mol. The van der Waals surface area contributed by atoms with Gasteiger partial charge in [-0.1, -0.05) is 30.3 Å². The van der Waals surface area contributed by atoms with E-state index >= 15 is 0 Å². The second kappa shape index (κ2) is 14.4. The molecule has 1 saturated heterocycles. The number of nitrogens with zero attached hydrogens (tertiary/aromatic N) is 2. The average Bonchev–Trinajstić information content (AvgIpc) is 3.42. The summed E-state index contributed by atoms with van der Waals surface area (Å²) in [6, 6.07) is 11.4. The lowest BCUT2D eigenvalue weighted by atomic mass is 9.89. The third-order valence-electron chi connectivity index (χ3n) is 7.51. The predicted octanol–water partition coefficient (Wildman–Crippen LogP) is 8.20. The second-order valence-corrected chi connectivity index (χ2v) is 13.1. The number of ether oxygens (including phenoxy) is 1. The van der Waals surface area contributed by atoms with Gasteiger partial charge in [0.1, 0.15) is 5.60 Å². The molecule has 0 radical (unpaired) electrons. The highest BCUT2D eigenvalue weighted by atomic mass is 32.1. The third-order valence-corrected chi connectivity index (χ3v) is 8.29. The van der Waals surface area contributed by atoms with Gasteiger partial charge in [-0.3, -0.25) is 10.1 Å². The van der Waals surface area contributed by atoms with Crippen molar-refractivity contribution in [1.82, 2.24) is 15.2 Å². The number of benzene rings is 2. The van der Waals surface area contributed by atoms with Gasteiger partial charge in [-0.05, 0) is 94.9 Å². The van der Waals surface area contributed by atoms with Crippen LogP contribution in [0, 0.1) is 0 Å². The molecule has 1 aliphatic heterocycles. The zero-order valence-corrected chi connectivity index (χ0v) is 26.4. The first-order valence-electron chi connectivity index (χ1n) is 14.8. The van der Waals surface area contributed by atoms with E-state index in [2.05, 4.69) is 32.7 Å². The Balaban J connectivity index is 1.48. The Morgan fingerprint density at radius 2 is 1.59 bits per heavy atom. The molecule has 1 aliphatic rings. The van der Waals surface area contributed by atoms with Gasteiger partial charge in [0.2, 0.25) is 5.91 Å². The van der Waals surface area contributed by atoms with Crippen molar-refractivity contribution >= 4 is 28.5 Å². The number of nitrogens with one attached hydrogen (secondary N) is 2. The van der Waals surface area contributed by atoms with E-state index in [1.165, 1.54) is 5.56 Å². The minimum Gasteiger partial charge on any atom is -0.444 e. The number of rotatable bonds is 9. The van der Waals surface area contributed by atoms with Crippen LogP contribution in [0.4, 0.5) is 36.3 Å². The van der Waals surface area contributed by atoms with Crippen molar-refractivity contribution in [2.75, 3.05) is 25.0 Å². The number of hydrogen-bond donors (Lipinski definition) is 2. The molecule has 7 nitrogen and oxygen atoms in total. The summed E-state index contributed by atoms with van der Waals surface area (Å²) in [6.07, 6.45) is -8.60. The van der Waals surface area contributed by atoms with Gasteiger partial charge in [-0.2, -0.15) is 26.3 Å². The van der Waals surface area contributed by atoms with E-state index in [1.807, 2.05) is 18.2 Å². The summed E-state index contributed by atoms with van der Waals surface area (Å²) < 4.78 is 85.4. The number of amides is 2. The summed E-state index contributed by atoms with van der Waals surface area (Å²) in [4.78, 5) is 32.3. The summed E-state index contributed by atoms with van der Waals surface area (Å²) in [7, 11) is 0. The number of halogens is 6. The molecule has 2 N–H and O–H groups in total. The summed E-state index contributed by atoms with van der Waals surface area (Å²) in [5.74, 6) is -1.07. The molecule has 2 aromatic carbocycles. The van der Waals surface area contributed by atoms with E-state index in [4.69, 9.17) is 4.74 Å². The molecule has 1 unspecified atom stereocenters. The SMILES string of the molecule is CC(C)(C)OC(=O)Nc1nc(C(CCN2CCC(c3ccccc3)CC2)C(=O)NCc2cc(C(F)(F)F)cc(C(F)(F)F)c2)cs1. The van der Waals surface area contributed by atoms with E-state index in [9.17, 15) is 35.9 Å². The number of likely N-dealkylation sites (tertiary alicyclic amines) is 1. The van der Waals surface area contributed by atoms with Crippen LogP contribution in [-0.2, 0) is 28.4 Å². The highest BCUT2D eigenvalue weighted by Gasteiger charge is 2.37. The first kappa shape index (κ1) is 35.2. The van der Waals surface area contributed by atoms with E-state index in [0.717, 1.165) is 37.3 Å². The molecule has 1 fully saturated rings. The van der Waals surface area contributed by atoms with Crippen LogP contribution in [0.15, 0.2) is 53.9 Å². The van der Waals surface area contributed by atoms with Gasteiger partial charge in [-0.15, -0.1) is 11.3 Å². The molecule has 0 aliphatic carbocycles. The Kier molecular flexibility index (Phi) is 11.0. The number of thiazole rings is 1. The number of alkyl halides is 6. The van der Waals surface area contributed by atoms with Crippen LogP contribution in [0.1, 0.15) is 79.8 Å². The van der Waals surface area contributed by atoms with Gasteiger partial charge >= 0.3 is 18.4 Å². The Morgan fingerprint density at radius 3 is 2.15 bits per heavy atom. The largest absolute Gasteiger partial charge is 0.444 e. The third kappa shape index (κ3) is 10.2. The van der Waals surface area contributed by atoms with Crippen molar-refractivity contribution in [3.63, 3.8) is 0 Å². The van der Waals surface area contributed by atoms with Gasteiger partial charge in [0, 0.05) is 11.9 Å². The highest BCUT2D eigenvalue weighted by molar-refractivity contribution is 7.13. The van der Waals surface area contributed by atoms with Crippen molar-refractivity contribution in [2.24, 2.45) is 0 Å². The summed E-state index contributed by atoms with van der Waals surface area (Å²) in [5, 5.41) is 6.81. The number of aromatic nitrogens is 1. The molecule has 1 atom stereocenters. The first-order valence-corrected chi connectivity index (χ1v) is 15.6. The van der Waals surface area contributed by atoms with Crippen molar-refractivity contribution in [1.29, 1.82) is 0 Å². The van der Waals surface area contributed by atoms with Crippen LogP contribution in [0.2, 0.25) is 0 Å². The maximum Gasteiger partial charge on any atom is 0.416 e. The number of carbonyl (C=O) groups is 2. The number of anilines is 1. The quantitative estimate of drug-likeness (QED) is 0.224. The molecular weight excluding hydrogens is 634 g/mol. The fourth-order valence-electron chi connectivity index (χ4n) is 5.27. The Hall–Kier alpha value is -3.65. The second-order valence-electron chi connectivity index (χ2n) is 12.2. The van der Waals surface area contributed by atoms with Gasteiger partial charge < -0.3 is 15.0 Å². The monoisotopic (exact) mass is 670 g/mol. The minimum absolute atomic E-state index is 0.0452. The molecule has 3 aromatic rings. The van der Waals surface area contributed by atoms with E-state index in [0.29, 0.717) is 30.3 Å². The molecule has 2 heterocycles. The van der Waals surface area contributed by atoms with E-state index in [1.54, 1.807) is 26.2 Å². The van der Waals surface area contributed by atoms with Crippen LogP contribution in [0.3, 0.4) is 0 Å². The predicted molar refractivity (Wildman–Crippen MR) is 162 cm³/mol. The topological polar surface area (TPSA) is 83.6 Å². The van der Waals surface area contributed by atoms with Gasteiger partial charge in [0.15, 0.2) is 5.13 Å². The zero-order chi connectivity index (χ0) is 33.7. The van der Waals surface area contributed by atoms with Gasteiger partial charge in [0.05, 0.1) is 22.7 Å². The van der Waals surface area contributed by atoms with Crippen LogP contribution >= 0.6 is 11.3 Å². The number of piperidine rings is 1. The van der Waals surface area contributed by atoms with Gasteiger partial charge in [0.25, 0.3) is 0 Å². The first-order chi connectivity index (χ1) is 21.5. The number of hydrogen-bond acceptors (Lipinski definition) is 6. The smallest absolute Gasteiger partial charge is 0.416 e. The molecule has 250 valence electrons. The van der Waals surface area contributed by atoms with Crippen LogP contribution in [-0.4, -0.2) is 47.1 Å². The molecule has 1 aromatic heterocycles. The van der Waals surface area contributed by atoms with Gasteiger partial charge in [-0.25, -0.2) is 9.78 Å². The Bertz CT molecular complexity index is 1450. The number of carbonyl (C=O) groups excluding carboxylic acids is 2. The maximum atomic E-state index is 13.5. The summed E-state index contributed by atoms with van der Waals surface area (Å²) >= 11 is 1.07. The van der Waals surface area contributed by atoms with Crippen molar-refractivity contribution in [2.45, 2.75) is 76.4 Å². The Morgan fingerprint density at radius 1 is 0.978 bits per heavy atom. The van der Waals surface area contributed by atoms with Crippen LogP contribution in [0.25, 0.3) is 0 Å². The molecule has 0 saturated carbocycles. The zero-order valence-electron chi connectivity index (χ0n) is 25.6. The molecule has 2 amide bonds. The van der Waals surface area contributed by atoms with E-state index in [-0.39, 0.29) is 23.2 Å². The molecule has 14 heteroatoms. The van der Waals surface area contributed by atoms with Crippen LogP contribution < -0.4 is 10.6 Å². The van der Waals surface area contributed by atoms with Crippen LogP contribution in [0.5, 0.6) is 0 Å². The summed E-state index contributed by atoms with van der Waals surface area (Å²) in [5.41, 5.74) is -2.43. The fraction of sp³-hybridized carbons (Fsp3) is 0.469. The molecule has 46 heavy (non-hydrogen) atoms. The lowest BCUT2D eigenvalue weighted by molar-refractivity contribution is -0.143. The highest BCUT2D eigenvalue weighted by Crippen LogP contribution is 2.36. The molecule has 0 spiro atoms. The minimum atomic E-state index is -5.01. The van der Waals surface area contributed by atoms with Crippen molar-refractivity contribution in [3.05, 3.63) is 81.9 Å². The summed E-state index contributed by atoms with van der Waals surface area (Å²) in [6.45, 7) is 6.63. The lowest BCUT2D eigenvalue weighted by Gasteiger charge is -2.32. The standard InChI is InChI=1S/C32H36F6N4O3S/c1-30(2,3)45-29(44)41-28-40-26(19-46-28)25(11-14-42-12-9-22(10-13-42)21-7-5-4-6-8-21)27(43)39-18-20-15-23(31(33,34)35)17-24(16-20)32(36,37)38/h4-8,15-17,19,22,25H,9-14,18H2,1-3H3,(H,39,43)(H,40,41,44).